The fraction of sp³-hybridized carbons (Fsp3) is 0.353. The third-order valence-electron chi connectivity index (χ3n) is 3.77. The summed E-state index contributed by atoms with van der Waals surface area (Å²) in [5.74, 6) is -0.185. The Morgan fingerprint density at radius 1 is 1.23 bits per heavy atom. The Hall–Kier alpha value is -2.43. The second kappa shape index (κ2) is 5.75. The van der Waals surface area contributed by atoms with Gasteiger partial charge in [-0.25, -0.2) is 0 Å². The van der Waals surface area contributed by atoms with E-state index in [9.17, 15) is 9.59 Å². The highest BCUT2D eigenvalue weighted by Crippen LogP contribution is 2.38. The van der Waals surface area contributed by atoms with Crippen molar-refractivity contribution >= 4 is 22.8 Å². The predicted octanol–water partition coefficient (Wildman–Crippen LogP) is 3.10. The molecule has 0 saturated heterocycles. The van der Waals surface area contributed by atoms with Crippen molar-refractivity contribution in [2.75, 3.05) is 0 Å². The van der Waals surface area contributed by atoms with Crippen LogP contribution in [0.25, 0.3) is 10.9 Å². The molecule has 0 amide bonds. The van der Waals surface area contributed by atoms with Gasteiger partial charge in [0.1, 0.15) is 11.9 Å². The summed E-state index contributed by atoms with van der Waals surface area (Å²) >= 11 is 0. The van der Waals surface area contributed by atoms with Crippen molar-refractivity contribution in [1.82, 2.24) is 4.98 Å². The Bertz CT molecular complexity index is 754. The maximum Gasteiger partial charge on any atom is 0.308 e. The number of esters is 2. The molecule has 1 aromatic heterocycles. The van der Waals surface area contributed by atoms with Crippen molar-refractivity contribution in [2.24, 2.45) is 0 Å². The maximum atomic E-state index is 11.4. The molecule has 0 aliphatic heterocycles. The number of benzene rings is 1. The Balaban J connectivity index is 2.14. The first-order valence-corrected chi connectivity index (χ1v) is 7.32. The summed E-state index contributed by atoms with van der Waals surface area (Å²) < 4.78 is 10.6. The quantitative estimate of drug-likeness (QED) is 0.629. The van der Waals surface area contributed by atoms with Gasteiger partial charge in [0.2, 0.25) is 0 Å². The molecule has 1 aromatic carbocycles. The highest BCUT2D eigenvalue weighted by Gasteiger charge is 2.25. The van der Waals surface area contributed by atoms with Gasteiger partial charge in [-0.05, 0) is 43.0 Å². The van der Waals surface area contributed by atoms with E-state index in [-0.39, 0.29) is 18.0 Å². The zero-order valence-electron chi connectivity index (χ0n) is 12.6. The monoisotopic (exact) mass is 299 g/mol. The molecule has 5 heteroatoms. The van der Waals surface area contributed by atoms with Crippen LogP contribution in [-0.4, -0.2) is 16.9 Å². The van der Waals surface area contributed by atoms with Gasteiger partial charge in [0.25, 0.3) is 0 Å². The van der Waals surface area contributed by atoms with Crippen LogP contribution in [0.4, 0.5) is 0 Å². The first-order chi connectivity index (χ1) is 10.5. The van der Waals surface area contributed by atoms with Gasteiger partial charge in [0.15, 0.2) is 0 Å². The molecule has 0 fully saturated rings. The predicted molar refractivity (Wildman–Crippen MR) is 80.5 cm³/mol. The van der Waals surface area contributed by atoms with E-state index in [0.29, 0.717) is 5.75 Å². The van der Waals surface area contributed by atoms with Crippen LogP contribution < -0.4 is 4.74 Å². The normalized spacial score (nSPS) is 16.9. The Morgan fingerprint density at radius 2 is 2.05 bits per heavy atom. The number of aromatic nitrogens is 1. The Kier molecular flexibility index (Phi) is 3.79. The van der Waals surface area contributed by atoms with Crippen LogP contribution in [-0.2, 0) is 20.7 Å². The molecule has 3 rings (SSSR count). The number of carbonyl (C=O) groups is 2. The first kappa shape index (κ1) is 14.5. The van der Waals surface area contributed by atoms with Crippen LogP contribution in [0.5, 0.6) is 5.75 Å². The van der Waals surface area contributed by atoms with E-state index in [2.05, 4.69) is 4.98 Å². The molecule has 114 valence electrons. The second-order valence-electron chi connectivity index (χ2n) is 5.46. The lowest BCUT2D eigenvalue weighted by molar-refractivity contribution is -0.147. The van der Waals surface area contributed by atoms with E-state index in [1.54, 1.807) is 12.1 Å². The highest BCUT2D eigenvalue weighted by molar-refractivity contribution is 5.86. The SMILES string of the molecule is CC(=O)Oc1ccc2ncc3c(c2c1)C(OC(C)=O)CCC3. The van der Waals surface area contributed by atoms with Crippen molar-refractivity contribution in [3.8, 4) is 5.75 Å². The lowest BCUT2D eigenvalue weighted by Gasteiger charge is -2.26. The van der Waals surface area contributed by atoms with E-state index in [1.807, 2.05) is 12.3 Å². The lowest BCUT2D eigenvalue weighted by Crippen LogP contribution is -2.16. The largest absolute Gasteiger partial charge is 0.458 e. The van der Waals surface area contributed by atoms with Crippen LogP contribution in [0, 0.1) is 0 Å². The molecule has 1 aliphatic carbocycles. The van der Waals surface area contributed by atoms with Crippen molar-refractivity contribution < 1.29 is 19.1 Å². The molecule has 0 radical (unpaired) electrons. The van der Waals surface area contributed by atoms with Crippen molar-refractivity contribution in [2.45, 2.75) is 39.2 Å². The van der Waals surface area contributed by atoms with Crippen LogP contribution in [0.3, 0.4) is 0 Å². The van der Waals surface area contributed by atoms with Crippen molar-refractivity contribution in [3.63, 3.8) is 0 Å². The van der Waals surface area contributed by atoms with Crippen molar-refractivity contribution in [3.05, 3.63) is 35.5 Å². The number of aryl methyl sites for hydroxylation is 1. The molecule has 2 aromatic rings. The van der Waals surface area contributed by atoms with Crippen LogP contribution in [0.1, 0.15) is 43.9 Å². The van der Waals surface area contributed by atoms with Gasteiger partial charge in [-0.1, -0.05) is 0 Å². The van der Waals surface area contributed by atoms with E-state index in [4.69, 9.17) is 9.47 Å². The molecule has 1 heterocycles. The molecule has 1 aliphatic rings. The minimum Gasteiger partial charge on any atom is -0.458 e. The number of carbonyl (C=O) groups excluding carboxylic acids is 2. The average molecular weight is 299 g/mol. The number of nitrogens with zero attached hydrogens (tertiary/aromatic N) is 1. The van der Waals surface area contributed by atoms with Gasteiger partial charge in [0, 0.05) is 31.0 Å². The van der Waals surface area contributed by atoms with E-state index < -0.39 is 0 Å². The molecule has 0 spiro atoms. The number of hydrogen-bond acceptors (Lipinski definition) is 5. The van der Waals surface area contributed by atoms with Gasteiger partial charge < -0.3 is 9.47 Å². The molecule has 0 N–H and O–H groups in total. The van der Waals surface area contributed by atoms with E-state index in [0.717, 1.165) is 41.3 Å². The Morgan fingerprint density at radius 3 is 2.77 bits per heavy atom. The summed E-state index contributed by atoms with van der Waals surface area (Å²) in [4.78, 5) is 27.0. The minimum atomic E-state index is -0.367. The first-order valence-electron chi connectivity index (χ1n) is 7.32. The zero-order valence-corrected chi connectivity index (χ0v) is 12.6. The molecule has 0 bridgehead atoms. The van der Waals surface area contributed by atoms with Gasteiger partial charge in [-0.3, -0.25) is 14.6 Å². The number of ether oxygens (including phenoxy) is 2. The van der Waals surface area contributed by atoms with E-state index >= 15 is 0 Å². The van der Waals surface area contributed by atoms with Gasteiger partial charge in [-0.2, -0.15) is 0 Å². The summed E-state index contributed by atoms with van der Waals surface area (Å²) in [5, 5.41) is 0.877. The summed E-state index contributed by atoms with van der Waals surface area (Å²) in [7, 11) is 0. The van der Waals surface area contributed by atoms with Crippen LogP contribution in [0.15, 0.2) is 24.4 Å². The summed E-state index contributed by atoms with van der Waals surface area (Å²) in [6, 6.07) is 5.32. The van der Waals surface area contributed by atoms with Crippen molar-refractivity contribution in [1.29, 1.82) is 0 Å². The lowest BCUT2D eigenvalue weighted by atomic mass is 9.88. The molecule has 22 heavy (non-hydrogen) atoms. The summed E-state index contributed by atoms with van der Waals surface area (Å²) in [6.45, 7) is 2.78. The van der Waals surface area contributed by atoms with Crippen LogP contribution >= 0.6 is 0 Å². The van der Waals surface area contributed by atoms with Crippen LogP contribution in [0.2, 0.25) is 0 Å². The average Bonchev–Trinajstić information content (AvgIpc) is 2.45. The van der Waals surface area contributed by atoms with Gasteiger partial charge in [-0.15, -0.1) is 0 Å². The fourth-order valence-corrected chi connectivity index (χ4v) is 2.98. The molecule has 0 saturated carbocycles. The number of rotatable bonds is 2. The zero-order chi connectivity index (χ0) is 15.7. The minimum absolute atomic E-state index is 0.265. The topological polar surface area (TPSA) is 65.5 Å². The summed E-state index contributed by atoms with van der Waals surface area (Å²) in [5.41, 5.74) is 2.87. The third-order valence-corrected chi connectivity index (χ3v) is 3.77. The molecule has 5 nitrogen and oxygen atoms in total. The maximum absolute atomic E-state index is 11.4. The standard InChI is InChI=1S/C17H17NO4/c1-10(19)21-13-6-7-15-14(8-13)17-12(9-18-15)4-3-5-16(17)22-11(2)20/h6-9,16H,3-5H2,1-2H3. The summed E-state index contributed by atoms with van der Waals surface area (Å²) in [6.07, 6.45) is 4.25. The Labute approximate surface area is 128 Å². The smallest absolute Gasteiger partial charge is 0.308 e. The number of fused-ring (bicyclic) bond motifs is 3. The molecular formula is C17H17NO4. The molecular weight excluding hydrogens is 282 g/mol. The van der Waals surface area contributed by atoms with Gasteiger partial charge >= 0.3 is 11.9 Å². The third kappa shape index (κ3) is 2.79. The number of pyridine rings is 1. The van der Waals surface area contributed by atoms with Gasteiger partial charge in [0.05, 0.1) is 5.52 Å². The number of hydrogen-bond donors (Lipinski definition) is 0. The molecule has 1 unspecified atom stereocenters. The van der Waals surface area contributed by atoms with E-state index in [1.165, 1.54) is 13.8 Å². The molecule has 1 atom stereocenters. The highest BCUT2D eigenvalue weighted by atomic mass is 16.5. The fourth-order valence-electron chi connectivity index (χ4n) is 2.98. The second-order valence-corrected chi connectivity index (χ2v) is 5.46.